The summed E-state index contributed by atoms with van der Waals surface area (Å²) in [5.41, 5.74) is 2.85. The standard InChI is InChI=1S/C27H41N/c1-2-3-4-5-6-7-8-9-10-17-23-28-24-22-27(25-18-13-11-14-19-25)26-20-15-12-16-21-26/h11-16,18-21,27-28H,2-10,17,22-24H2,1H3. The fraction of sp³-hybridized carbons (Fsp3) is 0.556. The van der Waals surface area contributed by atoms with E-state index in [1.807, 2.05) is 0 Å². The van der Waals surface area contributed by atoms with Crippen molar-refractivity contribution in [3.05, 3.63) is 71.8 Å². The van der Waals surface area contributed by atoms with Crippen molar-refractivity contribution in [1.82, 2.24) is 5.32 Å². The van der Waals surface area contributed by atoms with E-state index in [-0.39, 0.29) is 0 Å². The van der Waals surface area contributed by atoms with Crippen LogP contribution in [0.4, 0.5) is 0 Å². The molecule has 0 aliphatic rings. The molecule has 0 aromatic heterocycles. The van der Waals surface area contributed by atoms with Crippen molar-refractivity contribution in [2.45, 2.75) is 83.5 Å². The molecule has 0 spiro atoms. The third-order valence-electron chi connectivity index (χ3n) is 5.72. The molecule has 0 unspecified atom stereocenters. The number of nitrogens with one attached hydrogen (secondary N) is 1. The molecule has 0 amide bonds. The first-order valence-corrected chi connectivity index (χ1v) is 11.7. The van der Waals surface area contributed by atoms with Gasteiger partial charge < -0.3 is 5.32 Å². The summed E-state index contributed by atoms with van der Waals surface area (Å²) >= 11 is 0. The zero-order valence-electron chi connectivity index (χ0n) is 18.0. The Morgan fingerprint density at radius 1 is 0.571 bits per heavy atom. The highest BCUT2D eigenvalue weighted by Gasteiger charge is 2.13. The van der Waals surface area contributed by atoms with Gasteiger partial charge in [0.25, 0.3) is 0 Å². The molecule has 28 heavy (non-hydrogen) atoms. The van der Waals surface area contributed by atoms with E-state index >= 15 is 0 Å². The van der Waals surface area contributed by atoms with Gasteiger partial charge in [0.2, 0.25) is 0 Å². The Morgan fingerprint density at radius 3 is 1.54 bits per heavy atom. The molecular formula is C27H41N. The van der Waals surface area contributed by atoms with Crippen LogP contribution in [-0.4, -0.2) is 13.1 Å². The van der Waals surface area contributed by atoms with E-state index in [0.29, 0.717) is 5.92 Å². The minimum Gasteiger partial charge on any atom is -0.317 e. The fourth-order valence-corrected chi connectivity index (χ4v) is 4.01. The van der Waals surface area contributed by atoms with E-state index in [9.17, 15) is 0 Å². The zero-order chi connectivity index (χ0) is 19.7. The van der Waals surface area contributed by atoms with E-state index in [2.05, 4.69) is 72.9 Å². The largest absolute Gasteiger partial charge is 0.317 e. The molecule has 2 aromatic rings. The van der Waals surface area contributed by atoms with Gasteiger partial charge in [-0.15, -0.1) is 0 Å². The van der Waals surface area contributed by atoms with E-state index < -0.39 is 0 Å². The molecule has 0 atom stereocenters. The Balaban J connectivity index is 1.56. The van der Waals surface area contributed by atoms with E-state index in [0.717, 1.165) is 19.5 Å². The van der Waals surface area contributed by atoms with Crippen LogP contribution in [-0.2, 0) is 0 Å². The molecule has 1 heteroatoms. The summed E-state index contributed by atoms with van der Waals surface area (Å²) in [6.07, 6.45) is 15.2. The highest BCUT2D eigenvalue weighted by atomic mass is 14.8. The number of hydrogen-bond acceptors (Lipinski definition) is 1. The van der Waals surface area contributed by atoms with Gasteiger partial charge in [-0.05, 0) is 37.1 Å². The van der Waals surface area contributed by atoms with Crippen LogP contribution in [0, 0.1) is 0 Å². The molecule has 0 aliphatic heterocycles. The highest BCUT2D eigenvalue weighted by Crippen LogP contribution is 2.27. The van der Waals surface area contributed by atoms with Crippen molar-refractivity contribution in [3.63, 3.8) is 0 Å². The molecule has 0 saturated carbocycles. The molecule has 0 bridgehead atoms. The van der Waals surface area contributed by atoms with Gasteiger partial charge in [0.05, 0.1) is 0 Å². The van der Waals surface area contributed by atoms with E-state index in [1.165, 1.54) is 75.3 Å². The van der Waals surface area contributed by atoms with Crippen molar-refractivity contribution >= 4 is 0 Å². The third kappa shape index (κ3) is 9.55. The Morgan fingerprint density at radius 2 is 1.04 bits per heavy atom. The summed E-state index contributed by atoms with van der Waals surface area (Å²) in [5.74, 6) is 0.489. The number of benzene rings is 2. The van der Waals surface area contributed by atoms with Crippen molar-refractivity contribution in [1.29, 1.82) is 0 Å². The van der Waals surface area contributed by atoms with Gasteiger partial charge in [0, 0.05) is 5.92 Å². The van der Waals surface area contributed by atoms with Gasteiger partial charge in [0.1, 0.15) is 0 Å². The third-order valence-corrected chi connectivity index (χ3v) is 5.72. The molecule has 1 N–H and O–H groups in total. The maximum atomic E-state index is 3.68. The van der Waals surface area contributed by atoms with Crippen LogP contribution in [0.2, 0.25) is 0 Å². The number of hydrogen-bond donors (Lipinski definition) is 1. The minimum atomic E-state index is 0.489. The van der Waals surface area contributed by atoms with Gasteiger partial charge in [-0.25, -0.2) is 0 Å². The first-order valence-electron chi connectivity index (χ1n) is 11.7. The summed E-state index contributed by atoms with van der Waals surface area (Å²) < 4.78 is 0. The van der Waals surface area contributed by atoms with Crippen LogP contribution in [0.3, 0.4) is 0 Å². The Labute approximate surface area is 174 Å². The predicted molar refractivity (Wildman–Crippen MR) is 124 cm³/mol. The normalized spacial score (nSPS) is 11.2. The number of rotatable bonds is 16. The van der Waals surface area contributed by atoms with Crippen LogP contribution < -0.4 is 5.32 Å². The molecule has 0 heterocycles. The van der Waals surface area contributed by atoms with Gasteiger partial charge in [0.15, 0.2) is 0 Å². The quantitative estimate of drug-likeness (QED) is 0.294. The summed E-state index contributed by atoms with van der Waals surface area (Å²) in [7, 11) is 0. The molecule has 0 fully saturated rings. The zero-order valence-corrected chi connectivity index (χ0v) is 18.0. The minimum absolute atomic E-state index is 0.489. The second-order valence-corrected chi connectivity index (χ2v) is 8.09. The van der Waals surface area contributed by atoms with Crippen molar-refractivity contribution < 1.29 is 0 Å². The monoisotopic (exact) mass is 379 g/mol. The Kier molecular flexibility index (Phi) is 12.4. The molecular weight excluding hydrogens is 338 g/mol. The van der Waals surface area contributed by atoms with Crippen LogP contribution in [0.5, 0.6) is 0 Å². The molecule has 0 radical (unpaired) electrons. The summed E-state index contributed by atoms with van der Waals surface area (Å²) in [6.45, 7) is 4.54. The maximum absolute atomic E-state index is 3.68. The Hall–Kier alpha value is -1.60. The molecule has 154 valence electrons. The van der Waals surface area contributed by atoms with Crippen LogP contribution in [0.25, 0.3) is 0 Å². The lowest BCUT2D eigenvalue weighted by molar-refractivity contribution is 0.536. The molecule has 0 saturated heterocycles. The predicted octanol–water partition coefficient (Wildman–Crippen LogP) is 7.72. The lowest BCUT2D eigenvalue weighted by atomic mass is 9.88. The fourth-order valence-electron chi connectivity index (χ4n) is 4.01. The first kappa shape index (κ1) is 22.7. The van der Waals surface area contributed by atoms with Crippen molar-refractivity contribution in [2.24, 2.45) is 0 Å². The van der Waals surface area contributed by atoms with Gasteiger partial charge in [-0.2, -0.15) is 0 Å². The Bertz CT molecular complexity index is 538. The average molecular weight is 380 g/mol. The summed E-state index contributed by atoms with van der Waals surface area (Å²) in [6, 6.07) is 21.9. The highest BCUT2D eigenvalue weighted by molar-refractivity contribution is 5.32. The van der Waals surface area contributed by atoms with Crippen molar-refractivity contribution in [3.8, 4) is 0 Å². The maximum Gasteiger partial charge on any atom is 0.0101 e. The molecule has 2 aromatic carbocycles. The topological polar surface area (TPSA) is 12.0 Å². The smallest absolute Gasteiger partial charge is 0.0101 e. The summed E-state index contributed by atoms with van der Waals surface area (Å²) in [4.78, 5) is 0. The van der Waals surface area contributed by atoms with Gasteiger partial charge >= 0.3 is 0 Å². The lowest BCUT2D eigenvalue weighted by Crippen LogP contribution is -2.19. The van der Waals surface area contributed by atoms with Gasteiger partial charge in [-0.3, -0.25) is 0 Å². The summed E-state index contributed by atoms with van der Waals surface area (Å²) in [5, 5.41) is 3.68. The average Bonchev–Trinajstić information content (AvgIpc) is 2.75. The first-order chi connectivity index (χ1) is 13.9. The molecule has 2 rings (SSSR count). The lowest BCUT2D eigenvalue weighted by Gasteiger charge is -2.18. The van der Waals surface area contributed by atoms with Crippen molar-refractivity contribution in [2.75, 3.05) is 13.1 Å². The van der Waals surface area contributed by atoms with Crippen LogP contribution >= 0.6 is 0 Å². The second-order valence-electron chi connectivity index (χ2n) is 8.09. The van der Waals surface area contributed by atoms with Gasteiger partial charge in [-0.1, -0.05) is 125 Å². The second kappa shape index (κ2) is 15.3. The SMILES string of the molecule is CCCCCCCCCCCCNCCC(c1ccccc1)c1ccccc1. The van der Waals surface area contributed by atoms with E-state index in [4.69, 9.17) is 0 Å². The molecule has 1 nitrogen and oxygen atoms in total. The number of unbranched alkanes of at least 4 members (excludes halogenated alkanes) is 9. The van der Waals surface area contributed by atoms with E-state index in [1.54, 1.807) is 0 Å². The molecule has 0 aliphatic carbocycles. The van der Waals surface area contributed by atoms with Crippen LogP contribution in [0.1, 0.15) is 94.6 Å². The van der Waals surface area contributed by atoms with Crippen LogP contribution in [0.15, 0.2) is 60.7 Å².